The number of hydrogen-bond acceptors (Lipinski definition) is 2. The van der Waals surface area contributed by atoms with Crippen LogP contribution in [0.4, 0.5) is 0 Å². The summed E-state index contributed by atoms with van der Waals surface area (Å²) in [5.74, 6) is 1.37. The van der Waals surface area contributed by atoms with E-state index in [-0.39, 0.29) is 11.8 Å². The second-order valence-corrected chi connectivity index (χ2v) is 5.18. The molecule has 4 unspecified atom stereocenters. The molecule has 0 aliphatic heterocycles. The van der Waals surface area contributed by atoms with Crippen LogP contribution in [0.3, 0.4) is 0 Å². The van der Waals surface area contributed by atoms with E-state index in [2.05, 4.69) is 19.2 Å². The zero-order valence-corrected chi connectivity index (χ0v) is 10.1. The Morgan fingerprint density at radius 1 is 1.40 bits per heavy atom. The van der Waals surface area contributed by atoms with Crippen LogP contribution in [0.1, 0.15) is 40.0 Å². The molecule has 1 saturated carbocycles. The Balaban J connectivity index is 2.25. The SMILES string of the molecule is CC(CNC1CCC(C)C(C)C1)C(N)=O. The molecule has 1 fully saturated rings. The Kier molecular flexibility index (Phi) is 4.58. The zero-order chi connectivity index (χ0) is 11.4. The van der Waals surface area contributed by atoms with Crippen molar-refractivity contribution in [3.63, 3.8) is 0 Å². The number of nitrogens with one attached hydrogen (secondary N) is 1. The lowest BCUT2D eigenvalue weighted by Crippen LogP contribution is -2.40. The number of rotatable bonds is 4. The van der Waals surface area contributed by atoms with Gasteiger partial charge in [-0.05, 0) is 31.1 Å². The second-order valence-electron chi connectivity index (χ2n) is 5.18. The van der Waals surface area contributed by atoms with Gasteiger partial charge in [-0.1, -0.05) is 20.8 Å². The van der Waals surface area contributed by atoms with E-state index in [0.717, 1.165) is 18.4 Å². The number of hydrogen-bond donors (Lipinski definition) is 2. The fourth-order valence-electron chi connectivity index (χ4n) is 2.18. The summed E-state index contributed by atoms with van der Waals surface area (Å²) in [6, 6.07) is 0.581. The van der Waals surface area contributed by atoms with Gasteiger partial charge in [0.25, 0.3) is 0 Å². The first-order valence-electron chi connectivity index (χ1n) is 6.03. The van der Waals surface area contributed by atoms with Crippen molar-refractivity contribution in [2.45, 2.75) is 46.1 Å². The standard InChI is InChI=1S/C12H24N2O/c1-8-4-5-11(6-9(8)2)14-7-10(3)12(13)15/h8-11,14H,4-7H2,1-3H3,(H2,13,15). The van der Waals surface area contributed by atoms with Crippen molar-refractivity contribution in [2.75, 3.05) is 6.54 Å². The van der Waals surface area contributed by atoms with Gasteiger partial charge in [0.1, 0.15) is 0 Å². The van der Waals surface area contributed by atoms with Crippen molar-refractivity contribution in [3.8, 4) is 0 Å². The molecule has 0 heterocycles. The Hall–Kier alpha value is -0.570. The molecule has 3 N–H and O–H groups in total. The van der Waals surface area contributed by atoms with Crippen LogP contribution in [-0.2, 0) is 4.79 Å². The molecule has 1 rings (SSSR count). The molecule has 1 aliphatic rings. The van der Waals surface area contributed by atoms with Crippen LogP contribution in [0.2, 0.25) is 0 Å². The van der Waals surface area contributed by atoms with Crippen LogP contribution in [0, 0.1) is 17.8 Å². The first-order chi connectivity index (χ1) is 7.00. The minimum atomic E-state index is -0.209. The van der Waals surface area contributed by atoms with Gasteiger partial charge in [-0.3, -0.25) is 4.79 Å². The molecule has 1 aliphatic carbocycles. The smallest absolute Gasteiger partial charge is 0.221 e. The molecule has 0 radical (unpaired) electrons. The summed E-state index contributed by atoms with van der Waals surface area (Å²) in [4.78, 5) is 10.9. The molecule has 3 heteroatoms. The molecule has 4 atom stereocenters. The predicted molar refractivity (Wildman–Crippen MR) is 62.3 cm³/mol. The van der Waals surface area contributed by atoms with Gasteiger partial charge in [-0.25, -0.2) is 0 Å². The van der Waals surface area contributed by atoms with Gasteiger partial charge in [0, 0.05) is 18.5 Å². The molecular weight excluding hydrogens is 188 g/mol. The maximum absolute atomic E-state index is 10.9. The van der Waals surface area contributed by atoms with Crippen LogP contribution >= 0.6 is 0 Å². The lowest BCUT2D eigenvalue weighted by molar-refractivity contribution is -0.121. The third-order valence-electron chi connectivity index (χ3n) is 3.80. The van der Waals surface area contributed by atoms with Crippen molar-refractivity contribution in [1.29, 1.82) is 0 Å². The van der Waals surface area contributed by atoms with Gasteiger partial charge in [-0.2, -0.15) is 0 Å². The van der Waals surface area contributed by atoms with Gasteiger partial charge in [0.05, 0.1) is 0 Å². The summed E-state index contributed by atoms with van der Waals surface area (Å²) < 4.78 is 0. The summed E-state index contributed by atoms with van der Waals surface area (Å²) in [6.45, 7) is 7.24. The van der Waals surface area contributed by atoms with E-state index in [4.69, 9.17) is 5.73 Å². The number of carbonyl (C=O) groups excluding carboxylic acids is 1. The summed E-state index contributed by atoms with van der Waals surface area (Å²) in [5, 5.41) is 3.45. The Morgan fingerprint density at radius 2 is 2.07 bits per heavy atom. The van der Waals surface area contributed by atoms with E-state index < -0.39 is 0 Å². The maximum Gasteiger partial charge on any atom is 0.221 e. The van der Waals surface area contributed by atoms with E-state index in [0.29, 0.717) is 6.04 Å². The lowest BCUT2D eigenvalue weighted by atomic mass is 9.79. The first-order valence-corrected chi connectivity index (χ1v) is 6.03. The Morgan fingerprint density at radius 3 is 2.60 bits per heavy atom. The highest BCUT2D eigenvalue weighted by molar-refractivity contribution is 5.76. The van der Waals surface area contributed by atoms with Crippen LogP contribution in [0.25, 0.3) is 0 Å². The molecule has 0 aromatic carbocycles. The van der Waals surface area contributed by atoms with E-state index in [1.807, 2.05) is 6.92 Å². The molecule has 0 spiro atoms. The topological polar surface area (TPSA) is 55.1 Å². The van der Waals surface area contributed by atoms with Gasteiger partial charge in [0.2, 0.25) is 5.91 Å². The first kappa shape index (κ1) is 12.5. The van der Waals surface area contributed by atoms with Crippen LogP contribution < -0.4 is 11.1 Å². The molecule has 0 bridgehead atoms. The van der Waals surface area contributed by atoms with Crippen molar-refractivity contribution < 1.29 is 4.79 Å². The molecule has 0 aromatic heterocycles. The summed E-state index contributed by atoms with van der Waals surface area (Å²) in [6.07, 6.45) is 3.76. The lowest BCUT2D eigenvalue weighted by Gasteiger charge is -2.33. The van der Waals surface area contributed by atoms with Crippen LogP contribution in [0.5, 0.6) is 0 Å². The van der Waals surface area contributed by atoms with E-state index in [1.165, 1.54) is 19.3 Å². The fraction of sp³-hybridized carbons (Fsp3) is 0.917. The van der Waals surface area contributed by atoms with Crippen molar-refractivity contribution in [3.05, 3.63) is 0 Å². The largest absolute Gasteiger partial charge is 0.369 e. The number of primary amides is 1. The van der Waals surface area contributed by atoms with E-state index in [9.17, 15) is 4.79 Å². The van der Waals surface area contributed by atoms with Gasteiger partial charge >= 0.3 is 0 Å². The number of nitrogens with two attached hydrogens (primary N) is 1. The average Bonchev–Trinajstić information content (AvgIpc) is 2.19. The average molecular weight is 212 g/mol. The minimum absolute atomic E-state index is 0.0559. The van der Waals surface area contributed by atoms with Crippen molar-refractivity contribution >= 4 is 5.91 Å². The Labute approximate surface area is 92.8 Å². The zero-order valence-electron chi connectivity index (χ0n) is 10.1. The normalized spacial score (nSPS) is 33.7. The van der Waals surface area contributed by atoms with E-state index in [1.54, 1.807) is 0 Å². The van der Waals surface area contributed by atoms with E-state index >= 15 is 0 Å². The molecule has 3 nitrogen and oxygen atoms in total. The van der Waals surface area contributed by atoms with Gasteiger partial charge < -0.3 is 11.1 Å². The minimum Gasteiger partial charge on any atom is -0.369 e. The highest BCUT2D eigenvalue weighted by Gasteiger charge is 2.24. The van der Waals surface area contributed by atoms with Gasteiger partial charge in [-0.15, -0.1) is 0 Å². The maximum atomic E-state index is 10.9. The quantitative estimate of drug-likeness (QED) is 0.742. The molecule has 1 amide bonds. The highest BCUT2D eigenvalue weighted by Crippen LogP contribution is 2.29. The summed E-state index contributed by atoms with van der Waals surface area (Å²) in [5.41, 5.74) is 5.22. The predicted octanol–water partition coefficient (Wildman–Crippen LogP) is 1.52. The molecule has 0 saturated heterocycles. The number of amides is 1. The Bertz CT molecular complexity index is 218. The van der Waals surface area contributed by atoms with Crippen molar-refractivity contribution in [2.24, 2.45) is 23.5 Å². The highest BCUT2D eigenvalue weighted by atomic mass is 16.1. The second kappa shape index (κ2) is 5.50. The fourth-order valence-corrected chi connectivity index (χ4v) is 2.18. The van der Waals surface area contributed by atoms with Crippen molar-refractivity contribution in [1.82, 2.24) is 5.32 Å². The molecule has 88 valence electrons. The number of carbonyl (C=O) groups is 1. The van der Waals surface area contributed by atoms with Gasteiger partial charge in [0.15, 0.2) is 0 Å². The third kappa shape index (κ3) is 3.82. The summed E-state index contributed by atoms with van der Waals surface area (Å²) in [7, 11) is 0. The molecule has 0 aromatic rings. The molecular formula is C12H24N2O. The summed E-state index contributed by atoms with van der Waals surface area (Å²) >= 11 is 0. The third-order valence-corrected chi connectivity index (χ3v) is 3.80. The van der Waals surface area contributed by atoms with Crippen LogP contribution in [-0.4, -0.2) is 18.5 Å². The van der Waals surface area contributed by atoms with Crippen LogP contribution in [0.15, 0.2) is 0 Å². The molecule has 15 heavy (non-hydrogen) atoms. The monoisotopic (exact) mass is 212 g/mol.